The third-order valence-corrected chi connectivity index (χ3v) is 8.17. The van der Waals surface area contributed by atoms with Gasteiger partial charge in [0.15, 0.2) is 17.3 Å². The summed E-state index contributed by atoms with van der Waals surface area (Å²) in [5, 5.41) is 11.0. The maximum Gasteiger partial charge on any atom is 0.410 e. The number of aliphatic hydroxyl groups excluding tert-OH is 1. The highest BCUT2D eigenvalue weighted by Gasteiger charge is 2.62. The van der Waals surface area contributed by atoms with Crippen LogP contribution in [-0.2, 0) is 39.3 Å². The second-order valence-electron chi connectivity index (χ2n) is 10.4. The van der Waals surface area contributed by atoms with Crippen molar-refractivity contribution in [2.75, 3.05) is 20.8 Å². The summed E-state index contributed by atoms with van der Waals surface area (Å²) < 4.78 is 23.6. The van der Waals surface area contributed by atoms with E-state index < -0.39 is 29.4 Å². The van der Waals surface area contributed by atoms with Crippen LogP contribution in [-0.4, -0.2) is 54.8 Å². The molecule has 1 heterocycles. The van der Waals surface area contributed by atoms with Gasteiger partial charge in [-0.15, -0.1) is 0 Å². The molecule has 0 saturated carbocycles. The number of carbonyl (C=O) groups is 2. The molecule has 0 unspecified atom stereocenters. The number of fused-ring (bicyclic) bond motifs is 1. The molecule has 1 amide bonds. The number of nitrogens with zero attached hydrogens (tertiary/aromatic N) is 1. The van der Waals surface area contributed by atoms with Crippen molar-refractivity contribution >= 4 is 11.9 Å². The standard InChI is InChI=1S/C32H31NO7/c1-37-25-14-13-22-15-23-27-30(38-2)28(35)24(34)16-32(27,26(22)29(25)39-17-20-9-5-3-6-10-20)19-33(23)31(36)40-18-21-11-7-4-8-12-21/h3-14,23-24,34H,15-19H2,1-2H3/t23-,24-,32+/m0/s1. The minimum atomic E-state index is -1.29. The van der Waals surface area contributed by atoms with Crippen molar-refractivity contribution in [1.82, 2.24) is 4.90 Å². The summed E-state index contributed by atoms with van der Waals surface area (Å²) >= 11 is 0. The Bertz CT molecular complexity index is 1470. The second-order valence-corrected chi connectivity index (χ2v) is 10.4. The molecule has 3 aromatic carbocycles. The van der Waals surface area contributed by atoms with Crippen molar-refractivity contribution in [2.24, 2.45) is 0 Å². The Morgan fingerprint density at radius 1 is 0.950 bits per heavy atom. The predicted octanol–water partition coefficient (Wildman–Crippen LogP) is 4.32. The van der Waals surface area contributed by atoms with Gasteiger partial charge in [-0.25, -0.2) is 4.79 Å². The monoisotopic (exact) mass is 541 g/mol. The van der Waals surface area contributed by atoms with Crippen molar-refractivity contribution in [3.05, 3.63) is 106 Å². The second kappa shape index (κ2) is 10.4. The summed E-state index contributed by atoms with van der Waals surface area (Å²) in [6.45, 7) is 0.632. The molecule has 206 valence electrons. The topological polar surface area (TPSA) is 94.5 Å². The lowest BCUT2D eigenvalue weighted by molar-refractivity contribution is -0.128. The SMILES string of the molecule is COC1=C2[C@@H]3Cc4ccc(OC)c(OCc5ccccc5)c4[C@@]2(C[C@H](O)C1=O)CN3C(=O)OCc1ccccc1. The van der Waals surface area contributed by atoms with Crippen LogP contribution in [0.5, 0.6) is 11.5 Å². The molecule has 0 spiro atoms. The average Bonchev–Trinajstić information content (AvgIpc) is 3.22. The third-order valence-electron chi connectivity index (χ3n) is 8.17. The number of carbonyl (C=O) groups excluding carboxylic acids is 2. The number of rotatable bonds is 7. The van der Waals surface area contributed by atoms with Gasteiger partial charge in [0, 0.05) is 23.1 Å². The maximum absolute atomic E-state index is 13.6. The summed E-state index contributed by atoms with van der Waals surface area (Å²) in [6, 6.07) is 22.7. The molecule has 1 saturated heterocycles. The van der Waals surface area contributed by atoms with Gasteiger partial charge >= 0.3 is 6.09 Å². The highest BCUT2D eigenvalue weighted by molar-refractivity contribution is 6.00. The maximum atomic E-state index is 13.6. The van der Waals surface area contributed by atoms with Crippen LogP contribution in [0.15, 0.2) is 84.1 Å². The minimum absolute atomic E-state index is 0.0921. The summed E-state index contributed by atoms with van der Waals surface area (Å²) in [4.78, 5) is 28.4. The molecule has 1 N–H and O–H groups in total. The van der Waals surface area contributed by atoms with Crippen molar-refractivity contribution in [3.63, 3.8) is 0 Å². The van der Waals surface area contributed by atoms with Crippen LogP contribution in [0.25, 0.3) is 0 Å². The Labute approximate surface area is 232 Å². The number of ether oxygens (including phenoxy) is 4. The summed E-state index contributed by atoms with van der Waals surface area (Å²) in [6.07, 6.45) is -1.25. The molecule has 2 aliphatic carbocycles. The lowest BCUT2D eigenvalue weighted by Gasteiger charge is -2.42. The zero-order valence-electron chi connectivity index (χ0n) is 22.5. The first-order valence-electron chi connectivity index (χ1n) is 13.3. The van der Waals surface area contributed by atoms with Gasteiger partial charge < -0.3 is 24.1 Å². The Morgan fingerprint density at radius 2 is 1.62 bits per heavy atom. The molecule has 0 radical (unpaired) electrons. The van der Waals surface area contributed by atoms with E-state index in [0.29, 0.717) is 30.1 Å². The van der Waals surface area contributed by atoms with Gasteiger partial charge in [-0.05, 0) is 35.6 Å². The minimum Gasteiger partial charge on any atom is -0.493 e. The smallest absolute Gasteiger partial charge is 0.410 e. The quantitative estimate of drug-likeness (QED) is 0.476. The highest BCUT2D eigenvalue weighted by Crippen LogP contribution is 2.59. The molecule has 3 atom stereocenters. The number of methoxy groups -OCH3 is 2. The van der Waals surface area contributed by atoms with E-state index in [2.05, 4.69) is 0 Å². The van der Waals surface area contributed by atoms with Crippen LogP contribution in [0.3, 0.4) is 0 Å². The van der Waals surface area contributed by atoms with Gasteiger partial charge in [0.1, 0.15) is 19.3 Å². The van der Waals surface area contributed by atoms with Crippen LogP contribution in [0, 0.1) is 0 Å². The first kappa shape index (κ1) is 26.0. The van der Waals surface area contributed by atoms with E-state index in [1.807, 2.05) is 72.8 Å². The fourth-order valence-electron chi connectivity index (χ4n) is 6.48. The molecule has 40 heavy (non-hydrogen) atoms. The third kappa shape index (κ3) is 4.19. The van der Waals surface area contributed by atoms with Crippen molar-refractivity contribution in [1.29, 1.82) is 0 Å². The van der Waals surface area contributed by atoms with E-state index in [0.717, 1.165) is 22.3 Å². The molecule has 8 heteroatoms. The Kier molecular flexibility index (Phi) is 6.72. The van der Waals surface area contributed by atoms with Crippen LogP contribution in [0.2, 0.25) is 0 Å². The fraction of sp³-hybridized carbons (Fsp3) is 0.312. The molecule has 0 aromatic heterocycles. The molecule has 6 rings (SSSR count). The van der Waals surface area contributed by atoms with Crippen LogP contribution >= 0.6 is 0 Å². The number of likely N-dealkylation sites (tertiary alicyclic amines) is 1. The Balaban J connectivity index is 1.44. The number of benzene rings is 3. The zero-order chi connectivity index (χ0) is 27.9. The largest absolute Gasteiger partial charge is 0.493 e. The van der Waals surface area contributed by atoms with Crippen molar-refractivity contribution in [3.8, 4) is 11.5 Å². The summed E-state index contributed by atoms with van der Waals surface area (Å²) in [5.74, 6) is 0.703. The Morgan fingerprint density at radius 3 is 2.27 bits per heavy atom. The van der Waals surface area contributed by atoms with E-state index in [9.17, 15) is 14.7 Å². The summed E-state index contributed by atoms with van der Waals surface area (Å²) in [5.41, 5.74) is 3.41. The molecule has 1 fully saturated rings. The van der Waals surface area contributed by atoms with Crippen molar-refractivity contribution in [2.45, 2.75) is 43.6 Å². The number of ketones is 1. The van der Waals surface area contributed by atoms with Gasteiger partial charge in [0.25, 0.3) is 0 Å². The van der Waals surface area contributed by atoms with Gasteiger partial charge in [-0.1, -0.05) is 66.7 Å². The van der Waals surface area contributed by atoms with E-state index in [1.165, 1.54) is 7.11 Å². The first-order chi connectivity index (χ1) is 19.5. The molecule has 2 bridgehead atoms. The molecular formula is C32H31NO7. The van der Waals surface area contributed by atoms with Gasteiger partial charge in [-0.3, -0.25) is 9.69 Å². The van der Waals surface area contributed by atoms with E-state index in [-0.39, 0.29) is 25.3 Å². The number of hydrogen-bond acceptors (Lipinski definition) is 7. The number of hydrogen-bond donors (Lipinski definition) is 1. The van der Waals surface area contributed by atoms with Crippen LogP contribution in [0.1, 0.15) is 28.7 Å². The first-order valence-corrected chi connectivity index (χ1v) is 13.3. The number of Topliss-reactive ketones (excluding diaryl/α,β-unsaturated/α-hetero) is 1. The average molecular weight is 542 g/mol. The molecule has 8 nitrogen and oxygen atoms in total. The number of aliphatic hydroxyl groups is 1. The molecule has 1 aliphatic heterocycles. The van der Waals surface area contributed by atoms with Gasteiger partial charge in [-0.2, -0.15) is 0 Å². The van der Waals surface area contributed by atoms with Gasteiger partial charge in [0.2, 0.25) is 5.78 Å². The lowest BCUT2D eigenvalue weighted by Crippen LogP contribution is -2.46. The summed E-state index contributed by atoms with van der Waals surface area (Å²) in [7, 11) is 3.01. The lowest BCUT2D eigenvalue weighted by atomic mass is 9.61. The van der Waals surface area contributed by atoms with E-state index in [1.54, 1.807) is 12.0 Å². The number of amides is 1. The molecule has 3 aromatic rings. The van der Waals surface area contributed by atoms with Gasteiger partial charge in [0.05, 0.1) is 20.3 Å². The molecular weight excluding hydrogens is 510 g/mol. The highest BCUT2D eigenvalue weighted by atomic mass is 16.6. The Hall–Kier alpha value is -4.30. The molecule has 3 aliphatic rings. The van der Waals surface area contributed by atoms with E-state index >= 15 is 0 Å². The zero-order valence-corrected chi connectivity index (χ0v) is 22.5. The van der Waals surface area contributed by atoms with Crippen molar-refractivity contribution < 1.29 is 33.6 Å². The van der Waals surface area contributed by atoms with Crippen LogP contribution in [0.4, 0.5) is 4.79 Å². The van der Waals surface area contributed by atoms with Crippen LogP contribution < -0.4 is 9.47 Å². The normalized spacial score (nSPS) is 22.9. The predicted molar refractivity (Wildman–Crippen MR) is 146 cm³/mol. The van der Waals surface area contributed by atoms with E-state index in [4.69, 9.17) is 18.9 Å². The fourth-order valence-corrected chi connectivity index (χ4v) is 6.48.